The number of piperidine rings is 1. The SMILES string of the molecule is CC(C)(C)OC(=O)N1CCC(c2ccccc2CNC2CC2)CC1. The van der Waals surface area contributed by atoms with Crippen LogP contribution in [0.25, 0.3) is 0 Å². The van der Waals surface area contributed by atoms with Crippen LogP contribution in [-0.2, 0) is 11.3 Å². The zero-order chi connectivity index (χ0) is 17.2. The fourth-order valence-electron chi connectivity index (χ4n) is 3.33. The number of rotatable bonds is 4. The van der Waals surface area contributed by atoms with E-state index in [-0.39, 0.29) is 6.09 Å². The molecule has 3 rings (SSSR count). The Morgan fingerprint density at radius 3 is 2.46 bits per heavy atom. The summed E-state index contributed by atoms with van der Waals surface area (Å²) >= 11 is 0. The number of ether oxygens (including phenoxy) is 1. The van der Waals surface area contributed by atoms with Gasteiger partial charge in [-0.2, -0.15) is 0 Å². The number of benzene rings is 1. The van der Waals surface area contributed by atoms with Crippen LogP contribution < -0.4 is 5.32 Å². The Morgan fingerprint density at radius 2 is 1.83 bits per heavy atom. The molecule has 1 aromatic rings. The molecule has 0 spiro atoms. The largest absolute Gasteiger partial charge is 0.444 e. The highest BCUT2D eigenvalue weighted by atomic mass is 16.6. The molecule has 0 atom stereocenters. The molecule has 1 aromatic carbocycles. The fourth-order valence-corrected chi connectivity index (χ4v) is 3.33. The smallest absolute Gasteiger partial charge is 0.410 e. The maximum atomic E-state index is 12.2. The maximum Gasteiger partial charge on any atom is 0.410 e. The van der Waals surface area contributed by atoms with E-state index in [4.69, 9.17) is 4.74 Å². The summed E-state index contributed by atoms with van der Waals surface area (Å²) in [4.78, 5) is 14.1. The quantitative estimate of drug-likeness (QED) is 0.905. The summed E-state index contributed by atoms with van der Waals surface area (Å²) in [6.45, 7) is 8.28. The van der Waals surface area contributed by atoms with Crippen LogP contribution >= 0.6 is 0 Å². The van der Waals surface area contributed by atoms with Crippen LogP contribution in [-0.4, -0.2) is 35.7 Å². The number of hydrogen-bond donors (Lipinski definition) is 1. The van der Waals surface area contributed by atoms with Crippen molar-refractivity contribution in [3.05, 3.63) is 35.4 Å². The zero-order valence-electron chi connectivity index (χ0n) is 15.2. The van der Waals surface area contributed by atoms with E-state index >= 15 is 0 Å². The summed E-state index contributed by atoms with van der Waals surface area (Å²) in [5.41, 5.74) is 2.45. The lowest BCUT2D eigenvalue weighted by Crippen LogP contribution is -2.41. The number of carbonyl (C=O) groups is 1. The minimum absolute atomic E-state index is 0.176. The molecular weight excluding hydrogens is 300 g/mol. The van der Waals surface area contributed by atoms with Gasteiger partial charge in [0.1, 0.15) is 5.60 Å². The summed E-state index contributed by atoms with van der Waals surface area (Å²) in [6, 6.07) is 9.49. The molecule has 0 bridgehead atoms. The molecule has 1 saturated heterocycles. The van der Waals surface area contributed by atoms with E-state index in [2.05, 4.69) is 29.6 Å². The molecule has 24 heavy (non-hydrogen) atoms. The molecule has 0 unspecified atom stereocenters. The molecule has 1 amide bonds. The van der Waals surface area contributed by atoms with Gasteiger partial charge in [-0.3, -0.25) is 0 Å². The van der Waals surface area contributed by atoms with Crippen molar-refractivity contribution < 1.29 is 9.53 Å². The number of carbonyl (C=O) groups excluding carboxylic acids is 1. The average Bonchev–Trinajstić information content (AvgIpc) is 3.36. The first-order valence-corrected chi connectivity index (χ1v) is 9.21. The second-order valence-corrected chi connectivity index (χ2v) is 8.10. The van der Waals surface area contributed by atoms with Crippen molar-refractivity contribution in [3.8, 4) is 0 Å². The Labute approximate surface area is 145 Å². The van der Waals surface area contributed by atoms with Crippen LogP contribution in [0.15, 0.2) is 24.3 Å². The van der Waals surface area contributed by atoms with Crippen molar-refractivity contribution in [3.63, 3.8) is 0 Å². The standard InChI is InChI=1S/C20H30N2O2/c1-20(2,3)24-19(23)22-12-10-15(11-13-22)18-7-5-4-6-16(18)14-21-17-8-9-17/h4-7,15,17,21H,8-14H2,1-3H3. The van der Waals surface area contributed by atoms with Gasteiger partial charge < -0.3 is 15.0 Å². The molecule has 132 valence electrons. The highest BCUT2D eigenvalue weighted by Gasteiger charge is 2.28. The van der Waals surface area contributed by atoms with Crippen molar-refractivity contribution in [1.82, 2.24) is 10.2 Å². The lowest BCUT2D eigenvalue weighted by atomic mass is 9.86. The van der Waals surface area contributed by atoms with E-state index in [1.54, 1.807) is 0 Å². The molecule has 2 aliphatic rings. The molecule has 0 radical (unpaired) electrons. The predicted octanol–water partition coefficient (Wildman–Crippen LogP) is 4.05. The Hall–Kier alpha value is -1.55. The van der Waals surface area contributed by atoms with Crippen LogP contribution in [0, 0.1) is 0 Å². The van der Waals surface area contributed by atoms with E-state index in [0.717, 1.165) is 38.5 Å². The highest BCUT2D eigenvalue weighted by Crippen LogP contribution is 2.31. The molecule has 0 aromatic heterocycles. The average molecular weight is 330 g/mol. The summed E-state index contributed by atoms with van der Waals surface area (Å²) in [7, 11) is 0. The summed E-state index contributed by atoms with van der Waals surface area (Å²) in [6.07, 6.45) is 4.48. The fraction of sp³-hybridized carbons (Fsp3) is 0.650. The minimum Gasteiger partial charge on any atom is -0.444 e. The first-order chi connectivity index (χ1) is 11.4. The number of likely N-dealkylation sites (tertiary alicyclic amines) is 1. The van der Waals surface area contributed by atoms with Crippen molar-refractivity contribution in [2.24, 2.45) is 0 Å². The second kappa shape index (κ2) is 7.14. The van der Waals surface area contributed by atoms with E-state index in [1.165, 1.54) is 24.0 Å². The lowest BCUT2D eigenvalue weighted by Gasteiger charge is -2.34. The van der Waals surface area contributed by atoms with Gasteiger partial charge in [0.15, 0.2) is 0 Å². The number of nitrogens with one attached hydrogen (secondary N) is 1. The molecule has 2 fully saturated rings. The van der Waals surface area contributed by atoms with Gasteiger partial charge in [0.2, 0.25) is 0 Å². The molecule has 1 aliphatic carbocycles. The highest BCUT2D eigenvalue weighted by molar-refractivity contribution is 5.68. The van der Waals surface area contributed by atoms with Gasteiger partial charge in [0, 0.05) is 25.7 Å². The monoisotopic (exact) mass is 330 g/mol. The van der Waals surface area contributed by atoms with Crippen LogP contribution in [0.3, 0.4) is 0 Å². The van der Waals surface area contributed by atoms with Crippen LogP contribution in [0.5, 0.6) is 0 Å². The molecular formula is C20H30N2O2. The van der Waals surface area contributed by atoms with Gasteiger partial charge in [-0.25, -0.2) is 4.79 Å². The summed E-state index contributed by atoms with van der Waals surface area (Å²) in [5, 5.41) is 3.62. The maximum absolute atomic E-state index is 12.2. The molecule has 1 N–H and O–H groups in total. The van der Waals surface area contributed by atoms with Crippen molar-refractivity contribution in [2.45, 2.75) is 70.6 Å². The van der Waals surface area contributed by atoms with Gasteiger partial charge in [-0.1, -0.05) is 24.3 Å². The van der Waals surface area contributed by atoms with E-state index in [1.807, 2.05) is 25.7 Å². The van der Waals surface area contributed by atoms with E-state index < -0.39 is 5.60 Å². The van der Waals surface area contributed by atoms with Gasteiger partial charge in [-0.05, 0) is 63.5 Å². The Kier molecular flexibility index (Phi) is 5.14. The van der Waals surface area contributed by atoms with Crippen LogP contribution in [0.2, 0.25) is 0 Å². The first-order valence-electron chi connectivity index (χ1n) is 9.21. The molecule has 4 nitrogen and oxygen atoms in total. The van der Waals surface area contributed by atoms with E-state index in [9.17, 15) is 4.79 Å². The normalized spacial score (nSPS) is 19.4. The van der Waals surface area contributed by atoms with Crippen molar-refractivity contribution >= 4 is 6.09 Å². The van der Waals surface area contributed by atoms with Gasteiger partial charge in [0.25, 0.3) is 0 Å². The Morgan fingerprint density at radius 1 is 1.17 bits per heavy atom. The molecule has 1 heterocycles. The molecule has 1 aliphatic heterocycles. The van der Waals surface area contributed by atoms with Crippen LogP contribution in [0.4, 0.5) is 4.79 Å². The first kappa shape index (κ1) is 17.3. The Balaban J connectivity index is 1.57. The van der Waals surface area contributed by atoms with Gasteiger partial charge >= 0.3 is 6.09 Å². The summed E-state index contributed by atoms with van der Waals surface area (Å²) < 4.78 is 5.49. The third kappa shape index (κ3) is 4.73. The van der Waals surface area contributed by atoms with Gasteiger partial charge in [-0.15, -0.1) is 0 Å². The third-order valence-electron chi connectivity index (χ3n) is 4.80. The van der Waals surface area contributed by atoms with E-state index in [0.29, 0.717) is 5.92 Å². The molecule has 4 heteroatoms. The minimum atomic E-state index is -0.422. The van der Waals surface area contributed by atoms with Gasteiger partial charge in [0.05, 0.1) is 0 Å². The van der Waals surface area contributed by atoms with Crippen LogP contribution in [0.1, 0.15) is 63.5 Å². The zero-order valence-corrected chi connectivity index (χ0v) is 15.2. The van der Waals surface area contributed by atoms with Crippen molar-refractivity contribution in [1.29, 1.82) is 0 Å². The Bertz CT molecular complexity index is 567. The number of hydrogen-bond acceptors (Lipinski definition) is 3. The number of amides is 1. The summed E-state index contributed by atoms with van der Waals surface area (Å²) in [5.74, 6) is 0.542. The topological polar surface area (TPSA) is 41.6 Å². The third-order valence-corrected chi connectivity index (χ3v) is 4.80. The predicted molar refractivity (Wildman–Crippen MR) is 96.1 cm³/mol. The number of nitrogens with zero attached hydrogens (tertiary/aromatic N) is 1. The lowest BCUT2D eigenvalue weighted by molar-refractivity contribution is 0.0204. The molecule has 1 saturated carbocycles. The van der Waals surface area contributed by atoms with Crippen molar-refractivity contribution in [2.75, 3.05) is 13.1 Å². The second-order valence-electron chi connectivity index (χ2n) is 8.10.